The highest BCUT2D eigenvalue weighted by Crippen LogP contribution is 2.51. The fraction of sp³-hybridized carbons (Fsp3) is 0.0612. The monoisotopic (exact) mass is 663 g/mol. The largest absolute Gasteiger partial charge is 0.309 e. The first-order chi connectivity index (χ1) is 25.5. The normalized spacial score (nSPS) is 12.9. The topological polar surface area (TPSA) is 22.2 Å². The SMILES string of the molecule is [C-]#[N+]c1ccccc1-c1cc(-c2cc(-c3ccccc3)c3ccccc3n2)cc(-n2c3ccccc3c3cc4c(cc32)-c2ccccc2C4(C)C)c1. The van der Waals surface area contributed by atoms with Crippen molar-refractivity contribution in [1.29, 1.82) is 0 Å². The minimum atomic E-state index is -0.0991. The van der Waals surface area contributed by atoms with E-state index in [0.29, 0.717) is 5.69 Å². The summed E-state index contributed by atoms with van der Waals surface area (Å²) < 4.78 is 2.41. The van der Waals surface area contributed by atoms with Crippen molar-refractivity contribution in [1.82, 2.24) is 9.55 Å². The molecule has 0 fully saturated rings. The summed E-state index contributed by atoms with van der Waals surface area (Å²) in [6, 6.07) is 58.2. The van der Waals surface area contributed by atoms with Gasteiger partial charge in [0.25, 0.3) is 0 Å². The maximum Gasteiger partial charge on any atom is 0.194 e. The average molecular weight is 664 g/mol. The van der Waals surface area contributed by atoms with E-state index >= 15 is 0 Å². The van der Waals surface area contributed by atoms with Crippen LogP contribution in [0.1, 0.15) is 25.0 Å². The van der Waals surface area contributed by atoms with Gasteiger partial charge in [0.1, 0.15) is 0 Å². The van der Waals surface area contributed by atoms with Gasteiger partial charge >= 0.3 is 0 Å². The molecule has 0 saturated heterocycles. The Morgan fingerprint density at radius 2 is 1.19 bits per heavy atom. The molecule has 3 heteroatoms. The predicted octanol–water partition coefficient (Wildman–Crippen LogP) is 13.2. The summed E-state index contributed by atoms with van der Waals surface area (Å²) in [6.45, 7) is 12.7. The maximum atomic E-state index is 8.04. The van der Waals surface area contributed by atoms with Crippen LogP contribution in [0.4, 0.5) is 5.69 Å². The van der Waals surface area contributed by atoms with Gasteiger partial charge in [-0.25, -0.2) is 9.83 Å². The van der Waals surface area contributed by atoms with Crippen LogP contribution in [0.5, 0.6) is 0 Å². The van der Waals surface area contributed by atoms with Crippen molar-refractivity contribution < 1.29 is 0 Å². The Balaban J connectivity index is 1.29. The van der Waals surface area contributed by atoms with Gasteiger partial charge in [-0.05, 0) is 93.0 Å². The van der Waals surface area contributed by atoms with Crippen LogP contribution in [0.2, 0.25) is 0 Å². The van der Waals surface area contributed by atoms with Gasteiger partial charge in [0, 0.05) is 32.8 Å². The van der Waals surface area contributed by atoms with Crippen molar-refractivity contribution in [2.45, 2.75) is 19.3 Å². The molecule has 0 N–H and O–H groups in total. The highest BCUT2D eigenvalue weighted by Gasteiger charge is 2.36. The first-order valence-corrected chi connectivity index (χ1v) is 17.7. The first kappa shape index (κ1) is 30.1. The molecular formula is C49H33N3. The minimum absolute atomic E-state index is 0.0991. The molecule has 7 aromatic carbocycles. The van der Waals surface area contributed by atoms with E-state index in [4.69, 9.17) is 11.6 Å². The molecule has 0 radical (unpaired) electrons. The molecule has 3 nitrogen and oxygen atoms in total. The maximum absolute atomic E-state index is 8.04. The molecule has 244 valence electrons. The van der Waals surface area contributed by atoms with E-state index in [-0.39, 0.29) is 5.41 Å². The zero-order valence-electron chi connectivity index (χ0n) is 28.9. The molecule has 1 aliphatic carbocycles. The fourth-order valence-corrected chi connectivity index (χ4v) is 8.48. The number of rotatable bonds is 4. The third-order valence-electron chi connectivity index (χ3n) is 11.0. The molecular weight excluding hydrogens is 631 g/mol. The van der Waals surface area contributed by atoms with Crippen molar-refractivity contribution in [2.24, 2.45) is 0 Å². The van der Waals surface area contributed by atoms with E-state index in [2.05, 4.69) is 169 Å². The van der Waals surface area contributed by atoms with Crippen LogP contribution in [0.3, 0.4) is 0 Å². The highest BCUT2D eigenvalue weighted by atomic mass is 15.0. The number of fused-ring (bicyclic) bond motifs is 7. The van der Waals surface area contributed by atoms with Crippen LogP contribution in [0.25, 0.3) is 87.9 Å². The van der Waals surface area contributed by atoms with E-state index in [1.807, 2.05) is 18.2 Å². The Kier molecular flexibility index (Phi) is 6.59. The van der Waals surface area contributed by atoms with Gasteiger partial charge in [-0.2, -0.15) is 0 Å². The number of hydrogen-bond acceptors (Lipinski definition) is 1. The second-order valence-electron chi connectivity index (χ2n) is 14.3. The zero-order valence-corrected chi connectivity index (χ0v) is 28.9. The number of pyridine rings is 1. The van der Waals surface area contributed by atoms with Gasteiger partial charge < -0.3 is 4.57 Å². The van der Waals surface area contributed by atoms with E-state index in [0.717, 1.165) is 61.1 Å². The molecule has 0 amide bonds. The number of nitrogens with zero attached hydrogens (tertiary/aromatic N) is 3. The molecule has 2 heterocycles. The fourth-order valence-electron chi connectivity index (χ4n) is 8.48. The average Bonchev–Trinajstić information content (AvgIpc) is 3.64. The molecule has 0 saturated carbocycles. The van der Waals surface area contributed by atoms with Gasteiger partial charge in [-0.15, -0.1) is 0 Å². The lowest BCUT2D eigenvalue weighted by Gasteiger charge is -2.21. The van der Waals surface area contributed by atoms with Crippen LogP contribution in [-0.4, -0.2) is 9.55 Å². The van der Waals surface area contributed by atoms with Crippen LogP contribution < -0.4 is 0 Å². The number of aromatic nitrogens is 2. The predicted molar refractivity (Wildman–Crippen MR) is 216 cm³/mol. The Bertz CT molecular complexity index is 2940. The zero-order chi connectivity index (χ0) is 35.0. The Morgan fingerprint density at radius 3 is 2.04 bits per heavy atom. The Morgan fingerprint density at radius 1 is 0.500 bits per heavy atom. The quantitative estimate of drug-likeness (QED) is 0.172. The molecule has 0 unspecified atom stereocenters. The van der Waals surface area contributed by atoms with Gasteiger partial charge in [0.2, 0.25) is 0 Å². The second-order valence-corrected chi connectivity index (χ2v) is 14.3. The third kappa shape index (κ3) is 4.48. The van der Waals surface area contributed by atoms with Crippen molar-refractivity contribution in [2.75, 3.05) is 0 Å². The molecule has 9 aromatic rings. The lowest BCUT2D eigenvalue weighted by atomic mass is 9.82. The van der Waals surface area contributed by atoms with Crippen molar-refractivity contribution >= 4 is 38.4 Å². The van der Waals surface area contributed by atoms with Crippen LogP contribution in [-0.2, 0) is 5.41 Å². The summed E-state index contributed by atoms with van der Waals surface area (Å²) >= 11 is 0. The van der Waals surface area contributed by atoms with Gasteiger partial charge in [-0.3, -0.25) is 0 Å². The van der Waals surface area contributed by atoms with Crippen LogP contribution in [0, 0.1) is 6.57 Å². The summed E-state index contributed by atoms with van der Waals surface area (Å²) in [7, 11) is 0. The molecule has 0 spiro atoms. The number of para-hydroxylation sites is 3. The first-order valence-electron chi connectivity index (χ1n) is 17.7. The Labute approximate surface area is 302 Å². The summed E-state index contributed by atoms with van der Waals surface area (Å²) in [6.07, 6.45) is 0. The lowest BCUT2D eigenvalue weighted by molar-refractivity contribution is 0.661. The molecule has 10 rings (SSSR count). The van der Waals surface area contributed by atoms with E-state index in [1.165, 1.54) is 33.0 Å². The second kappa shape index (κ2) is 11.4. The van der Waals surface area contributed by atoms with Crippen molar-refractivity contribution in [3.05, 3.63) is 186 Å². The van der Waals surface area contributed by atoms with Gasteiger partial charge in [-0.1, -0.05) is 129 Å². The van der Waals surface area contributed by atoms with Crippen molar-refractivity contribution in [3.63, 3.8) is 0 Å². The number of benzene rings is 7. The van der Waals surface area contributed by atoms with Crippen molar-refractivity contribution in [3.8, 4) is 50.3 Å². The Hall–Kier alpha value is -6.76. The molecule has 0 atom stereocenters. The number of hydrogen-bond donors (Lipinski definition) is 0. The van der Waals surface area contributed by atoms with Crippen LogP contribution >= 0.6 is 0 Å². The summed E-state index contributed by atoms with van der Waals surface area (Å²) in [4.78, 5) is 9.21. The lowest BCUT2D eigenvalue weighted by Crippen LogP contribution is -2.14. The summed E-state index contributed by atoms with van der Waals surface area (Å²) in [5, 5.41) is 3.57. The smallest absolute Gasteiger partial charge is 0.194 e. The molecule has 0 bridgehead atoms. The highest BCUT2D eigenvalue weighted by molar-refractivity contribution is 6.11. The molecule has 52 heavy (non-hydrogen) atoms. The van der Waals surface area contributed by atoms with Crippen LogP contribution in [0.15, 0.2) is 164 Å². The van der Waals surface area contributed by atoms with E-state index in [9.17, 15) is 0 Å². The standard InChI is InChI=1S/C49H33N3/c1-49(2)42-21-11-7-18-36(42)40-30-48-41(28-43(40)49)38-20-10-14-24-47(38)52(48)34-26-32(35-17-8-12-22-44(35)50-3)25-33(27-34)46-29-39(31-15-5-4-6-16-31)37-19-9-13-23-45(37)51-46/h4-30H,1-2H3. The summed E-state index contributed by atoms with van der Waals surface area (Å²) in [5.74, 6) is 0. The molecule has 2 aromatic heterocycles. The van der Waals surface area contributed by atoms with E-state index < -0.39 is 0 Å². The molecule has 0 aliphatic heterocycles. The minimum Gasteiger partial charge on any atom is -0.309 e. The summed E-state index contributed by atoms with van der Waals surface area (Å²) in [5.41, 5.74) is 16.2. The van der Waals surface area contributed by atoms with Gasteiger partial charge in [0.05, 0.1) is 28.8 Å². The van der Waals surface area contributed by atoms with Gasteiger partial charge in [0.15, 0.2) is 5.69 Å². The van der Waals surface area contributed by atoms with E-state index in [1.54, 1.807) is 0 Å². The molecule has 1 aliphatic rings. The third-order valence-corrected chi connectivity index (χ3v) is 11.0.